The van der Waals surface area contributed by atoms with Crippen LogP contribution in [0.4, 0.5) is 5.82 Å². The summed E-state index contributed by atoms with van der Waals surface area (Å²) in [5.41, 5.74) is 2.54. The minimum atomic E-state index is -0.275. The monoisotopic (exact) mass is 234 g/mol. The molecule has 0 saturated carbocycles. The Morgan fingerprint density at radius 2 is 2.35 bits per heavy atom. The molecular weight excluding hydrogens is 220 g/mol. The number of aromatic nitrogens is 2. The van der Waals surface area contributed by atoms with Crippen molar-refractivity contribution in [1.29, 1.82) is 5.26 Å². The van der Waals surface area contributed by atoms with Gasteiger partial charge in [0.2, 0.25) is 0 Å². The van der Waals surface area contributed by atoms with E-state index in [0.717, 1.165) is 0 Å². The molecule has 1 amide bonds. The van der Waals surface area contributed by atoms with Crippen LogP contribution in [-0.4, -0.2) is 34.6 Å². The molecule has 1 rings (SSSR count). The second kappa shape index (κ2) is 5.77. The van der Waals surface area contributed by atoms with Gasteiger partial charge in [0.05, 0.1) is 12.0 Å². The van der Waals surface area contributed by atoms with Crippen LogP contribution in [-0.2, 0) is 0 Å². The van der Waals surface area contributed by atoms with Gasteiger partial charge in [-0.3, -0.25) is 4.79 Å². The number of anilines is 1. The van der Waals surface area contributed by atoms with Crippen LogP contribution in [0.2, 0.25) is 0 Å². The van der Waals surface area contributed by atoms with E-state index >= 15 is 0 Å². The first-order chi connectivity index (χ1) is 8.08. The summed E-state index contributed by atoms with van der Waals surface area (Å²) in [5.74, 6) is 5.02. The molecule has 0 bridgehead atoms. The van der Waals surface area contributed by atoms with E-state index in [9.17, 15) is 4.79 Å². The molecule has 1 aromatic heterocycles. The number of rotatable bonds is 4. The molecule has 3 N–H and O–H groups in total. The Hall–Kier alpha value is -2.20. The minimum absolute atomic E-state index is 0.219. The molecular formula is C10H14N6O. The minimum Gasteiger partial charge on any atom is -0.339 e. The van der Waals surface area contributed by atoms with Gasteiger partial charge in [-0.15, -0.1) is 10.2 Å². The summed E-state index contributed by atoms with van der Waals surface area (Å²) in [6, 6.07) is 5.15. The van der Waals surface area contributed by atoms with Crippen molar-refractivity contribution < 1.29 is 4.79 Å². The lowest BCUT2D eigenvalue weighted by Crippen LogP contribution is -2.31. The van der Waals surface area contributed by atoms with Gasteiger partial charge in [0, 0.05) is 13.6 Å². The van der Waals surface area contributed by atoms with Crippen LogP contribution in [0.25, 0.3) is 0 Å². The van der Waals surface area contributed by atoms with E-state index in [0.29, 0.717) is 12.4 Å². The molecule has 0 spiro atoms. The van der Waals surface area contributed by atoms with E-state index in [1.165, 1.54) is 11.0 Å². The van der Waals surface area contributed by atoms with E-state index in [4.69, 9.17) is 11.1 Å². The molecule has 7 nitrogen and oxygen atoms in total. The van der Waals surface area contributed by atoms with Gasteiger partial charge < -0.3 is 10.3 Å². The van der Waals surface area contributed by atoms with E-state index in [-0.39, 0.29) is 17.5 Å². The number of nitrogens with zero attached hydrogens (tertiary/aromatic N) is 4. The average Bonchev–Trinajstić information content (AvgIpc) is 2.37. The number of nitrogens with two attached hydrogens (primary N) is 1. The summed E-state index contributed by atoms with van der Waals surface area (Å²) in [7, 11) is 1.62. The number of nitriles is 1. The molecule has 1 atom stereocenters. The standard InChI is InChI=1S/C10H14N6O/c1-7(5-11)6-16(2)10(17)8-3-4-9(13-12)15-14-8/h3-4,7H,6,12H2,1-2H3,(H,13,15). The maximum atomic E-state index is 11.9. The Morgan fingerprint density at radius 3 is 2.82 bits per heavy atom. The molecule has 17 heavy (non-hydrogen) atoms. The molecule has 0 aliphatic carbocycles. The normalized spacial score (nSPS) is 11.4. The molecule has 1 heterocycles. The molecule has 0 aliphatic rings. The summed E-state index contributed by atoms with van der Waals surface area (Å²) in [4.78, 5) is 13.3. The number of carbonyl (C=O) groups is 1. The third kappa shape index (κ3) is 3.39. The summed E-state index contributed by atoms with van der Waals surface area (Å²) in [5, 5.41) is 16.1. The van der Waals surface area contributed by atoms with Crippen LogP contribution in [0.3, 0.4) is 0 Å². The lowest BCUT2D eigenvalue weighted by Gasteiger charge is -2.17. The predicted octanol–water partition coefficient (Wildman–Crippen LogP) is -0.00612. The predicted molar refractivity (Wildman–Crippen MR) is 61.6 cm³/mol. The summed E-state index contributed by atoms with van der Waals surface area (Å²) < 4.78 is 0. The Bertz CT molecular complexity index is 423. The van der Waals surface area contributed by atoms with E-state index in [1.807, 2.05) is 0 Å². The quantitative estimate of drug-likeness (QED) is 0.560. The van der Waals surface area contributed by atoms with Crippen molar-refractivity contribution in [1.82, 2.24) is 15.1 Å². The third-order valence-electron chi connectivity index (χ3n) is 2.15. The molecule has 90 valence electrons. The Morgan fingerprint density at radius 1 is 1.65 bits per heavy atom. The number of hydrogen-bond acceptors (Lipinski definition) is 6. The zero-order chi connectivity index (χ0) is 12.8. The van der Waals surface area contributed by atoms with Gasteiger partial charge in [-0.2, -0.15) is 5.26 Å². The van der Waals surface area contributed by atoms with Crippen molar-refractivity contribution in [2.45, 2.75) is 6.92 Å². The molecule has 0 aromatic carbocycles. The zero-order valence-electron chi connectivity index (χ0n) is 9.71. The SMILES string of the molecule is CC(C#N)CN(C)C(=O)c1ccc(NN)nn1. The fourth-order valence-corrected chi connectivity index (χ4v) is 1.25. The number of nitrogens with one attached hydrogen (secondary N) is 1. The summed E-state index contributed by atoms with van der Waals surface area (Å²) in [6.07, 6.45) is 0. The van der Waals surface area contributed by atoms with Crippen LogP contribution in [0.1, 0.15) is 17.4 Å². The van der Waals surface area contributed by atoms with Crippen LogP contribution >= 0.6 is 0 Å². The number of carbonyl (C=O) groups excluding carboxylic acids is 1. The highest BCUT2D eigenvalue weighted by molar-refractivity contribution is 5.92. The van der Waals surface area contributed by atoms with Gasteiger partial charge in [0.25, 0.3) is 5.91 Å². The number of nitrogen functional groups attached to an aromatic ring is 1. The fraction of sp³-hybridized carbons (Fsp3) is 0.400. The van der Waals surface area contributed by atoms with E-state index < -0.39 is 0 Å². The van der Waals surface area contributed by atoms with Crippen molar-refractivity contribution in [3.8, 4) is 6.07 Å². The summed E-state index contributed by atoms with van der Waals surface area (Å²) in [6.45, 7) is 2.10. The molecule has 0 radical (unpaired) electrons. The zero-order valence-corrected chi connectivity index (χ0v) is 9.71. The largest absolute Gasteiger partial charge is 0.339 e. The second-order valence-corrected chi connectivity index (χ2v) is 3.66. The van der Waals surface area contributed by atoms with Gasteiger partial charge in [-0.05, 0) is 19.1 Å². The number of hydrazine groups is 1. The molecule has 0 fully saturated rings. The van der Waals surface area contributed by atoms with E-state index in [2.05, 4.69) is 21.7 Å². The van der Waals surface area contributed by atoms with Crippen LogP contribution in [0.5, 0.6) is 0 Å². The highest BCUT2D eigenvalue weighted by atomic mass is 16.2. The van der Waals surface area contributed by atoms with Crippen molar-refractivity contribution in [3.05, 3.63) is 17.8 Å². The maximum Gasteiger partial charge on any atom is 0.274 e. The molecule has 7 heteroatoms. The highest BCUT2D eigenvalue weighted by Crippen LogP contribution is 2.05. The lowest BCUT2D eigenvalue weighted by molar-refractivity contribution is 0.0778. The molecule has 0 aliphatic heterocycles. The van der Waals surface area contributed by atoms with Gasteiger partial charge in [0.15, 0.2) is 11.5 Å². The Labute approximate surface area is 99.2 Å². The van der Waals surface area contributed by atoms with E-state index in [1.54, 1.807) is 20.0 Å². The van der Waals surface area contributed by atoms with Gasteiger partial charge in [-0.25, -0.2) is 5.84 Å². The number of hydrogen-bond donors (Lipinski definition) is 2. The van der Waals surface area contributed by atoms with Crippen molar-refractivity contribution in [2.75, 3.05) is 19.0 Å². The van der Waals surface area contributed by atoms with Crippen molar-refractivity contribution in [2.24, 2.45) is 11.8 Å². The average molecular weight is 234 g/mol. The Kier molecular flexibility index (Phi) is 4.37. The van der Waals surface area contributed by atoms with Gasteiger partial charge in [-0.1, -0.05) is 0 Å². The number of amides is 1. The third-order valence-corrected chi connectivity index (χ3v) is 2.15. The smallest absolute Gasteiger partial charge is 0.274 e. The maximum absolute atomic E-state index is 11.9. The first-order valence-corrected chi connectivity index (χ1v) is 5.04. The second-order valence-electron chi connectivity index (χ2n) is 3.66. The summed E-state index contributed by atoms with van der Waals surface area (Å²) >= 11 is 0. The van der Waals surface area contributed by atoms with Crippen LogP contribution in [0.15, 0.2) is 12.1 Å². The molecule has 1 aromatic rings. The fourth-order valence-electron chi connectivity index (χ4n) is 1.25. The molecule has 1 unspecified atom stereocenters. The Balaban J connectivity index is 2.72. The van der Waals surface area contributed by atoms with Gasteiger partial charge in [0.1, 0.15) is 0 Å². The first-order valence-electron chi connectivity index (χ1n) is 5.04. The van der Waals surface area contributed by atoms with Crippen LogP contribution in [0, 0.1) is 17.2 Å². The van der Waals surface area contributed by atoms with Gasteiger partial charge >= 0.3 is 0 Å². The topological polar surface area (TPSA) is 108 Å². The highest BCUT2D eigenvalue weighted by Gasteiger charge is 2.15. The molecule has 0 saturated heterocycles. The van der Waals surface area contributed by atoms with Crippen molar-refractivity contribution in [3.63, 3.8) is 0 Å². The lowest BCUT2D eigenvalue weighted by atomic mass is 10.2. The van der Waals surface area contributed by atoms with Crippen LogP contribution < -0.4 is 11.3 Å². The first kappa shape index (κ1) is 12.9. The van der Waals surface area contributed by atoms with Crippen molar-refractivity contribution >= 4 is 11.7 Å².